The maximum Gasteiger partial charge on any atom is 0.324 e. The van der Waals surface area contributed by atoms with Gasteiger partial charge in [-0.15, -0.1) is 0 Å². The Morgan fingerprint density at radius 2 is 1.82 bits per heavy atom. The number of amides is 1. The van der Waals surface area contributed by atoms with Crippen LogP contribution in [0, 0.1) is 0 Å². The summed E-state index contributed by atoms with van der Waals surface area (Å²) in [5.41, 5.74) is 0. The van der Waals surface area contributed by atoms with Crippen LogP contribution in [0.5, 0.6) is 11.5 Å². The average Bonchev–Trinajstić information content (AvgIpc) is 3.47. The summed E-state index contributed by atoms with van der Waals surface area (Å²) in [4.78, 5) is 24.0. The first-order valence-electron chi connectivity index (χ1n) is 9.19. The normalized spacial score (nSPS) is 18.5. The Kier molecular flexibility index (Phi) is 6.09. The molecule has 0 unspecified atom stereocenters. The number of nitrogens with one attached hydrogen (secondary N) is 2. The third-order valence-electron chi connectivity index (χ3n) is 4.30. The second kappa shape index (κ2) is 8.36. The number of fused-ring (bicyclic) bond motifs is 1. The SMILES string of the molecule is C[C@H](NS(=O)(=O)c1ccc2c(c1)OCCCO2)C(=O)O[C@@H](C)C(=O)NC1CC1. The van der Waals surface area contributed by atoms with Crippen LogP contribution in [0.4, 0.5) is 0 Å². The molecule has 2 N–H and O–H groups in total. The van der Waals surface area contributed by atoms with Crippen LogP contribution < -0.4 is 19.5 Å². The van der Waals surface area contributed by atoms with Crippen molar-refractivity contribution in [1.29, 1.82) is 0 Å². The summed E-state index contributed by atoms with van der Waals surface area (Å²) in [5.74, 6) is -0.425. The molecular weight excluding hydrogens is 388 g/mol. The summed E-state index contributed by atoms with van der Waals surface area (Å²) < 4.78 is 43.5. The van der Waals surface area contributed by atoms with E-state index in [-0.39, 0.29) is 10.9 Å². The van der Waals surface area contributed by atoms with Gasteiger partial charge in [0.2, 0.25) is 10.0 Å². The molecule has 2 aliphatic rings. The van der Waals surface area contributed by atoms with Crippen LogP contribution in [-0.4, -0.2) is 51.7 Å². The molecule has 10 heteroatoms. The molecular formula is C18H24N2O7S. The van der Waals surface area contributed by atoms with Crippen LogP contribution in [0.2, 0.25) is 0 Å². The molecule has 154 valence electrons. The minimum absolute atomic E-state index is 0.0593. The molecule has 3 rings (SSSR count). The maximum atomic E-state index is 12.6. The standard InChI is InChI=1S/C18H24N2O7S/c1-11(18(22)27-12(2)17(21)19-13-4-5-13)20-28(23,24)14-6-7-15-16(10-14)26-9-3-8-25-15/h6-7,10-13,20H,3-5,8-9H2,1-2H3,(H,19,21)/t11-,12-/m0/s1. The Morgan fingerprint density at radius 1 is 1.14 bits per heavy atom. The number of hydrogen-bond acceptors (Lipinski definition) is 7. The lowest BCUT2D eigenvalue weighted by molar-refractivity contribution is -0.156. The molecule has 1 aromatic rings. The second-order valence-corrected chi connectivity index (χ2v) is 8.58. The zero-order valence-electron chi connectivity index (χ0n) is 15.8. The highest BCUT2D eigenvalue weighted by Gasteiger charge is 2.30. The van der Waals surface area contributed by atoms with Crippen molar-refractivity contribution in [2.75, 3.05) is 13.2 Å². The number of carbonyl (C=O) groups excluding carboxylic acids is 2. The number of esters is 1. The van der Waals surface area contributed by atoms with Gasteiger partial charge in [0.1, 0.15) is 6.04 Å². The molecule has 0 bridgehead atoms. The van der Waals surface area contributed by atoms with Crippen LogP contribution in [0.1, 0.15) is 33.1 Å². The van der Waals surface area contributed by atoms with Gasteiger partial charge in [0.25, 0.3) is 5.91 Å². The topological polar surface area (TPSA) is 120 Å². The maximum absolute atomic E-state index is 12.6. The van der Waals surface area contributed by atoms with Crippen LogP contribution in [0.3, 0.4) is 0 Å². The first-order valence-corrected chi connectivity index (χ1v) is 10.7. The first kappa shape index (κ1) is 20.4. The van der Waals surface area contributed by atoms with Crippen molar-refractivity contribution in [2.45, 2.75) is 56.2 Å². The summed E-state index contributed by atoms with van der Waals surface area (Å²) in [5, 5.41) is 2.73. The summed E-state index contributed by atoms with van der Waals surface area (Å²) >= 11 is 0. The molecule has 1 aliphatic carbocycles. The first-order chi connectivity index (χ1) is 13.3. The Morgan fingerprint density at radius 3 is 2.50 bits per heavy atom. The fourth-order valence-electron chi connectivity index (χ4n) is 2.54. The molecule has 1 heterocycles. The summed E-state index contributed by atoms with van der Waals surface area (Å²) in [6, 6.07) is 3.22. The lowest BCUT2D eigenvalue weighted by atomic mass is 10.3. The summed E-state index contributed by atoms with van der Waals surface area (Å²) in [6.45, 7) is 3.72. The number of sulfonamides is 1. The van der Waals surface area contributed by atoms with E-state index in [4.69, 9.17) is 14.2 Å². The third kappa shape index (κ3) is 5.14. The van der Waals surface area contributed by atoms with E-state index in [0.29, 0.717) is 31.1 Å². The Bertz CT molecular complexity index is 851. The summed E-state index contributed by atoms with van der Waals surface area (Å²) in [6.07, 6.45) is 1.53. The third-order valence-corrected chi connectivity index (χ3v) is 5.84. The van der Waals surface area contributed by atoms with E-state index in [1.807, 2.05) is 0 Å². The monoisotopic (exact) mass is 412 g/mol. The lowest BCUT2D eigenvalue weighted by Crippen LogP contribution is -2.43. The average molecular weight is 412 g/mol. The highest BCUT2D eigenvalue weighted by atomic mass is 32.2. The number of ether oxygens (including phenoxy) is 3. The molecule has 1 fully saturated rings. The fourth-order valence-corrected chi connectivity index (χ4v) is 3.74. The van der Waals surface area contributed by atoms with Gasteiger partial charge in [0.15, 0.2) is 17.6 Å². The Hall–Kier alpha value is -2.33. The van der Waals surface area contributed by atoms with E-state index in [0.717, 1.165) is 12.8 Å². The van der Waals surface area contributed by atoms with Crippen molar-refractivity contribution in [3.63, 3.8) is 0 Å². The smallest absolute Gasteiger partial charge is 0.324 e. The van der Waals surface area contributed by atoms with Crippen LogP contribution in [0.25, 0.3) is 0 Å². The van der Waals surface area contributed by atoms with Crippen LogP contribution >= 0.6 is 0 Å². The highest BCUT2D eigenvalue weighted by molar-refractivity contribution is 7.89. The van der Waals surface area contributed by atoms with Crippen molar-refractivity contribution in [2.24, 2.45) is 0 Å². The van der Waals surface area contributed by atoms with Gasteiger partial charge in [0, 0.05) is 18.5 Å². The van der Waals surface area contributed by atoms with Gasteiger partial charge >= 0.3 is 5.97 Å². The van der Waals surface area contributed by atoms with E-state index in [1.165, 1.54) is 32.0 Å². The van der Waals surface area contributed by atoms with E-state index in [9.17, 15) is 18.0 Å². The lowest BCUT2D eigenvalue weighted by Gasteiger charge is -2.18. The van der Waals surface area contributed by atoms with Crippen molar-refractivity contribution in [3.05, 3.63) is 18.2 Å². The van der Waals surface area contributed by atoms with Crippen molar-refractivity contribution >= 4 is 21.9 Å². The van der Waals surface area contributed by atoms with E-state index in [1.54, 1.807) is 0 Å². The summed E-state index contributed by atoms with van der Waals surface area (Å²) in [7, 11) is -4.00. The molecule has 1 saturated carbocycles. The number of benzene rings is 1. The molecule has 1 amide bonds. The van der Waals surface area contributed by atoms with Crippen molar-refractivity contribution < 1.29 is 32.2 Å². The fraction of sp³-hybridized carbons (Fsp3) is 0.556. The minimum Gasteiger partial charge on any atom is -0.490 e. The van der Waals surface area contributed by atoms with Gasteiger partial charge in [-0.2, -0.15) is 4.72 Å². The largest absolute Gasteiger partial charge is 0.490 e. The quantitative estimate of drug-likeness (QED) is 0.633. The second-order valence-electron chi connectivity index (χ2n) is 6.86. The molecule has 0 spiro atoms. The predicted octanol–water partition coefficient (Wildman–Crippen LogP) is 0.725. The zero-order valence-corrected chi connectivity index (χ0v) is 16.6. The van der Waals surface area contributed by atoms with Gasteiger partial charge in [-0.3, -0.25) is 9.59 Å². The highest BCUT2D eigenvalue weighted by Crippen LogP contribution is 2.31. The van der Waals surface area contributed by atoms with Crippen molar-refractivity contribution in [1.82, 2.24) is 10.0 Å². The molecule has 1 aliphatic heterocycles. The van der Waals surface area contributed by atoms with Gasteiger partial charge in [-0.05, 0) is 38.8 Å². The van der Waals surface area contributed by atoms with Crippen LogP contribution in [-0.2, 0) is 24.3 Å². The predicted molar refractivity (Wildman–Crippen MR) is 98.6 cm³/mol. The molecule has 9 nitrogen and oxygen atoms in total. The molecule has 0 radical (unpaired) electrons. The number of hydrogen-bond donors (Lipinski definition) is 2. The Labute approximate surface area is 163 Å². The molecule has 28 heavy (non-hydrogen) atoms. The van der Waals surface area contributed by atoms with Gasteiger partial charge in [-0.25, -0.2) is 8.42 Å². The molecule has 1 aromatic carbocycles. The van der Waals surface area contributed by atoms with Gasteiger partial charge in [0.05, 0.1) is 18.1 Å². The molecule has 0 saturated heterocycles. The van der Waals surface area contributed by atoms with E-state index >= 15 is 0 Å². The Balaban J connectivity index is 1.61. The van der Waals surface area contributed by atoms with Gasteiger partial charge in [-0.1, -0.05) is 0 Å². The van der Waals surface area contributed by atoms with Crippen LogP contribution in [0.15, 0.2) is 23.1 Å². The van der Waals surface area contributed by atoms with E-state index in [2.05, 4.69) is 10.0 Å². The zero-order chi connectivity index (χ0) is 20.3. The van der Waals surface area contributed by atoms with Crippen molar-refractivity contribution in [3.8, 4) is 11.5 Å². The number of rotatable bonds is 7. The van der Waals surface area contributed by atoms with Gasteiger partial charge < -0.3 is 19.5 Å². The molecule has 2 atom stereocenters. The number of carbonyl (C=O) groups is 2. The van der Waals surface area contributed by atoms with E-state index < -0.39 is 34.0 Å². The molecule has 0 aromatic heterocycles. The minimum atomic E-state index is -4.00.